The van der Waals surface area contributed by atoms with E-state index in [-0.39, 0.29) is 37.9 Å². The Kier molecular flexibility index (Phi) is 7.51. The molecule has 2 saturated heterocycles. The maximum atomic E-state index is 13.3. The molecule has 4 aromatic rings. The lowest BCUT2D eigenvalue weighted by Crippen LogP contribution is -2.49. The second-order valence-corrected chi connectivity index (χ2v) is 11.4. The minimum Gasteiger partial charge on any atom is -0.351 e. The van der Waals surface area contributed by atoms with Gasteiger partial charge in [0.25, 0.3) is 5.91 Å². The van der Waals surface area contributed by atoms with Crippen LogP contribution in [0.3, 0.4) is 0 Å². The van der Waals surface area contributed by atoms with Crippen molar-refractivity contribution in [2.75, 3.05) is 26.3 Å². The summed E-state index contributed by atoms with van der Waals surface area (Å²) in [6.45, 7) is 0.826. The fraction of sp³-hybridized carbons (Fsp3) is 0.290. The third kappa shape index (κ3) is 5.52. The average Bonchev–Trinajstić information content (AvgIpc) is 3.82. The molecule has 0 bridgehead atoms. The Balaban J connectivity index is 1.08. The fourth-order valence-electron chi connectivity index (χ4n) is 5.50. The molecule has 3 amide bonds. The van der Waals surface area contributed by atoms with Gasteiger partial charge in [0, 0.05) is 46.4 Å². The molecule has 0 aliphatic carbocycles. The molecule has 2 N–H and O–H groups in total. The van der Waals surface area contributed by atoms with Crippen LogP contribution in [0.25, 0.3) is 22.0 Å². The Bertz CT molecular complexity index is 1700. The van der Waals surface area contributed by atoms with Crippen molar-refractivity contribution in [3.63, 3.8) is 0 Å². The molecule has 1 atom stereocenters. The lowest BCUT2D eigenvalue weighted by molar-refractivity contribution is -0.152. The summed E-state index contributed by atoms with van der Waals surface area (Å²) in [5.41, 5.74) is 4.13. The van der Waals surface area contributed by atoms with Crippen molar-refractivity contribution in [2.24, 2.45) is 7.05 Å². The van der Waals surface area contributed by atoms with Gasteiger partial charge in [-0.25, -0.2) is 0 Å². The van der Waals surface area contributed by atoms with E-state index in [2.05, 4.69) is 39.5 Å². The molecule has 2 aromatic carbocycles. The molecule has 2 aromatic heterocycles. The van der Waals surface area contributed by atoms with Gasteiger partial charge in [-0.3, -0.25) is 14.4 Å². The molecule has 42 heavy (non-hydrogen) atoms. The highest BCUT2D eigenvalue weighted by atomic mass is 32.1. The van der Waals surface area contributed by atoms with Crippen LogP contribution in [0.2, 0.25) is 0 Å². The summed E-state index contributed by atoms with van der Waals surface area (Å²) in [6, 6.07) is 18.5. The number of hydrogen-bond acceptors (Lipinski definition) is 7. The number of nitriles is 1. The first kappa shape index (κ1) is 27.7. The van der Waals surface area contributed by atoms with Crippen LogP contribution in [-0.2, 0) is 32.7 Å². The molecule has 2 aliphatic heterocycles. The lowest BCUT2D eigenvalue weighted by atomic mass is 10.0. The second kappa shape index (κ2) is 11.4. The summed E-state index contributed by atoms with van der Waals surface area (Å²) in [4.78, 5) is 41.6. The molecular weight excluding hydrogens is 554 g/mol. The number of aromatic nitrogens is 1. The Labute approximate surface area is 246 Å². The molecule has 6 rings (SSSR count). The van der Waals surface area contributed by atoms with Gasteiger partial charge in [0.05, 0.1) is 38.4 Å². The van der Waals surface area contributed by atoms with E-state index in [0.29, 0.717) is 24.3 Å². The number of benzene rings is 2. The first-order valence-corrected chi connectivity index (χ1v) is 14.5. The van der Waals surface area contributed by atoms with Gasteiger partial charge in [-0.15, -0.1) is 11.3 Å². The third-order valence-electron chi connectivity index (χ3n) is 7.71. The van der Waals surface area contributed by atoms with E-state index >= 15 is 0 Å². The van der Waals surface area contributed by atoms with Gasteiger partial charge in [0.15, 0.2) is 5.79 Å². The number of aryl methyl sites for hydroxylation is 1. The number of likely N-dealkylation sites (tertiary alicyclic amines) is 1. The van der Waals surface area contributed by atoms with Crippen LogP contribution in [0.5, 0.6) is 0 Å². The standard InChI is InChI=1S/C31H29N5O5S/c1-35-9-8-24-13-23(6-7-26(24)35)21-2-4-22(5-3-21)29(38)34-17-28(37)36-19-31(40-10-11-41-31)14-27(36)30(39)33-16-25-12-20(15-32)18-42-25/h2-9,12-13,18,27H,10-11,14,16-17,19H2,1H3,(H,33,39)(H,34,38)/t27-/m0/s1. The minimum atomic E-state index is -1.03. The van der Waals surface area contributed by atoms with Crippen molar-refractivity contribution in [1.82, 2.24) is 20.1 Å². The van der Waals surface area contributed by atoms with Crippen LogP contribution >= 0.6 is 11.3 Å². The molecule has 11 heteroatoms. The maximum Gasteiger partial charge on any atom is 0.251 e. The topological polar surface area (TPSA) is 126 Å². The monoisotopic (exact) mass is 583 g/mol. The molecule has 2 fully saturated rings. The lowest BCUT2D eigenvalue weighted by Gasteiger charge is -2.24. The summed E-state index contributed by atoms with van der Waals surface area (Å²) in [7, 11) is 2.01. The third-order valence-corrected chi connectivity index (χ3v) is 8.65. The van der Waals surface area contributed by atoms with Gasteiger partial charge < -0.3 is 29.6 Å². The number of thiophene rings is 1. The van der Waals surface area contributed by atoms with Gasteiger partial charge in [-0.05, 0) is 47.5 Å². The van der Waals surface area contributed by atoms with E-state index in [4.69, 9.17) is 14.7 Å². The molecule has 0 saturated carbocycles. The van der Waals surface area contributed by atoms with Crippen molar-refractivity contribution >= 4 is 40.0 Å². The predicted molar refractivity (Wildman–Crippen MR) is 156 cm³/mol. The molecule has 4 heterocycles. The number of carbonyl (C=O) groups is 3. The van der Waals surface area contributed by atoms with E-state index in [1.54, 1.807) is 23.6 Å². The highest BCUT2D eigenvalue weighted by Crippen LogP contribution is 2.35. The van der Waals surface area contributed by atoms with Crippen LogP contribution in [0.15, 0.2) is 66.2 Å². The molecule has 1 spiro atoms. The minimum absolute atomic E-state index is 0.0951. The predicted octanol–water partition coefficient (Wildman–Crippen LogP) is 3.17. The zero-order valence-corrected chi connectivity index (χ0v) is 23.8. The maximum absolute atomic E-state index is 13.3. The number of ether oxygens (including phenoxy) is 2. The Morgan fingerprint density at radius 2 is 1.81 bits per heavy atom. The highest BCUT2D eigenvalue weighted by molar-refractivity contribution is 7.10. The van der Waals surface area contributed by atoms with E-state index in [1.807, 2.05) is 31.4 Å². The first-order valence-electron chi connectivity index (χ1n) is 13.6. The van der Waals surface area contributed by atoms with Gasteiger partial charge in [-0.1, -0.05) is 18.2 Å². The van der Waals surface area contributed by atoms with Gasteiger partial charge >= 0.3 is 0 Å². The number of nitrogens with one attached hydrogen (secondary N) is 2. The molecular formula is C31H29N5O5S. The largest absolute Gasteiger partial charge is 0.351 e. The fourth-order valence-corrected chi connectivity index (χ4v) is 6.25. The first-order chi connectivity index (χ1) is 20.3. The smallest absolute Gasteiger partial charge is 0.251 e. The zero-order valence-electron chi connectivity index (χ0n) is 23.0. The van der Waals surface area contributed by atoms with E-state index < -0.39 is 17.7 Å². The van der Waals surface area contributed by atoms with Crippen LogP contribution in [0, 0.1) is 11.3 Å². The quantitative estimate of drug-likeness (QED) is 0.344. The summed E-state index contributed by atoms with van der Waals surface area (Å²) in [6.07, 6.45) is 2.22. The normalized spacial score (nSPS) is 17.4. The number of fused-ring (bicyclic) bond motifs is 1. The molecule has 2 aliphatic rings. The van der Waals surface area contributed by atoms with Crippen molar-refractivity contribution < 1.29 is 23.9 Å². The van der Waals surface area contributed by atoms with Crippen molar-refractivity contribution in [3.05, 3.63) is 82.2 Å². The molecule has 0 unspecified atom stereocenters. The summed E-state index contributed by atoms with van der Waals surface area (Å²) in [5.74, 6) is -2.17. The van der Waals surface area contributed by atoms with Crippen molar-refractivity contribution in [3.8, 4) is 17.2 Å². The summed E-state index contributed by atoms with van der Waals surface area (Å²) >= 11 is 1.38. The second-order valence-electron chi connectivity index (χ2n) is 10.4. The van der Waals surface area contributed by atoms with E-state index in [0.717, 1.165) is 26.9 Å². The number of amides is 3. The number of hydrogen-bond donors (Lipinski definition) is 2. The summed E-state index contributed by atoms with van der Waals surface area (Å²) in [5, 5.41) is 17.4. The Morgan fingerprint density at radius 1 is 1.05 bits per heavy atom. The van der Waals surface area contributed by atoms with Crippen molar-refractivity contribution in [2.45, 2.75) is 24.8 Å². The van der Waals surface area contributed by atoms with Crippen molar-refractivity contribution in [1.29, 1.82) is 5.26 Å². The Morgan fingerprint density at radius 3 is 2.55 bits per heavy atom. The van der Waals surface area contributed by atoms with Crippen LogP contribution in [0.1, 0.15) is 27.2 Å². The molecule has 10 nitrogen and oxygen atoms in total. The van der Waals surface area contributed by atoms with E-state index in [1.165, 1.54) is 16.2 Å². The van der Waals surface area contributed by atoms with Crippen LogP contribution in [-0.4, -0.2) is 65.3 Å². The summed E-state index contributed by atoms with van der Waals surface area (Å²) < 4.78 is 13.6. The van der Waals surface area contributed by atoms with Gasteiger partial charge in [-0.2, -0.15) is 5.26 Å². The average molecular weight is 584 g/mol. The molecule has 214 valence electrons. The van der Waals surface area contributed by atoms with E-state index in [9.17, 15) is 14.4 Å². The number of carbonyl (C=O) groups excluding carboxylic acids is 3. The SMILES string of the molecule is Cn1ccc2cc(-c3ccc(C(=O)NCC(=O)N4CC5(C[C@H]4C(=O)NCc4cc(C#N)cs4)OCCO5)cc3)ccc21. The number of rotatable bonds is 7. The van der Waals surface area contributed by atoms with Crippen LogP contribution < -0.4 is 10.6 Å². The Hall–Kier alpha value is -4.50. The zero-order chi connectivity index (χ0) is 29.3. The number of nitrogens with zero attached hydrogens (tertiary/aromatic N) is 3. The van der Waals surface area contributed by atoms with Gasteiger partial charge in [0.2, 0.25) is 11.8 Å². The highest BCUT2D eigenvalue weighted by Gasteiger charge is 2.52. The molecule has 0 radical (unpaired) electrons. The van der Waals surface area contributed by atoms with Crippen LogP contribution in [0.4, 0.5) is 0 Å². The van der Waals surface area contributed by atoms with Gasteiger partial charge in [0.1, 0.15) is 12.1 Å².